The number of hydrogen-bond acceptors (Lipinski definition) is 5. The molecule has 0 fully saturated rings. The number of aromatic nitrogens is 4. The van der Waals surface area contributed by atoms with Gasteiger partial charge in [-0.15, -0.1) is 0 Å². The van der Waals surface area contributed by atoms with Crippen LogP contribution in [0.1, 0.15) is 25.0 Å². The first kappa shape index (κ1) is 20.1. The number of fused-ring (bicyclic) bond motifs is 1. The van der Waals surface area contributed by atoms with E-state index in [1.54, 1.807) is 36.2 Å². The lowest BCUT2D eigenvalue weighted by atomic mass is 10.1. The number of carbonyl (C=O) groups is 1. The van der Waals surface area contributed by atoms with E-state index in [1.807, 2.05) is 13.8 Å². The van der Waals surface area contributed by atoms with E-state index in [-0.39, 0.29) is 29.7 Å². The van der Waals surface area contributed by atoms with Crippen molar-refractivity contribution in [3.8, 4) is 6.07 Å². The largest absolute Gasteiger partial charge is 0.334 e. The van der Waals surface area contributed by atoms with E-state index in [9.17, 15) is 14.4 Å². The van der Waals surface area contributed by atoms with Crippen molar-refractivity contribution in [3.63, 3.8) is 0 Å². The Morgan fingerprint density at radius 2 is 1.86 bits per heavy atom. The van der Waals surface area contributed by atoms with Crippen LogP contribution in [-0.2, 0) is 32.0 Å². The van der Waals surface area contributed by atoms with Crippen LogP contribution in [0.25, 0.3) is 11.2 Å². The van der Waals surface area contributed by atoms with Crippen molar-refractivity contribution >= 4 is 17.1 Å². The molecular formula is C20H22N6O3. The van der Waals surface area contributed by atoms with E-state index in [1.165, 1.54) is 22.5 Å². The van der Waals surface area contributed by atoms with Gasteiger partial charge in [-0.25, -0.2) is 14.3 Å². The minimum absolute atomic E-state index is 0.141. The smallest absolute Gasteiger partial charge is 0.332 e. The summed E-state index contributed by atoms with van der Waals surface area (Å²) >= 11 is 0. The van der Waals surface area contributed by atoms with Gasteiger partial charge < -0.3 is 9.47 Å². The first-order chi connectivity index (χ1) is 13.7. The van der Waals surface area contributed by atoms with Gasteiger partial charge in [0.2, 0.25) is 5.91 Å². The third-order valence-electron chi connectivity index (χ3n) is 4.87. The molecular weight excluding hydrogens is 372 g/mol. The summed E-state index contributed by atoms with van der Waals surface area (Å²) in [6.07, 6.45) is 1.46. The Balaban J connectivity index is 1.94. The van der Waals surface area contributed by atoms with Gasteiger partial charge in [0.25, 0.3) is 5.56 Å². The highest BCUT2D eigenvalue weighted by molar-refractivity contribution is 5.77. The lowest BCUT2D eigenvalue weighted by Gasteiger charge is -2.27. The Labute approximate surface area is 167 Å². The van der Waals surface area contributed by atoms with E-state index in [0.717, 1.165) is 10.1 Å². The molecule has 9 heteroatoms. The highest BCUT2D eigenvalue weighted by Gasteiger charge is 2.22. The first-order valence-corrected chi connectivity index (χ1v) is 9.14. The SMILES string of the molecule is CC(C)N(Cc1ccc(C#N)cc1)C(=O)Cn1c(=O)c2c(ncn2C)n(C)c1=O. The second kappa shape index (κ2) is 7.75. The van der Waals surface area contributed by atoms with Crippen LogP contribution in [0.4, 0.5) is 0 Å². The quantitative estimate of drug-likeness (QED) is 0.635. The van der Waals surface area contributed by atoms with Crippen molar-refractivity contribution in [2.75, 3.05) is 0 Å². The summed E-state index contributed by atoms with van der Waals surface area (Å²) in [7, 11) is 3.19. The van der Waals surface area contributed by atoms with Gasteiger partial charge in [-0.3, -0.25) is 14.2 Å². The summed E-state index contributed by atoms with van der Waals surface area (Å²) in [6, 6.07) is 8.87. The Bertz CT molecular complexity index is 1220. The molecule has 0 aliphatic rings. The van der Waals surface area contributed by atoms with Gasteiger partial charge in [-0.1, -0.05) is 12.1 Å². The van der Waals surface area contributed by atoms with E-state index in [0.29, 0.717) is 12.1 Å². The average molecular weight is 394 g/mol. The second-order valence-electron chi connectivity index (χ2n) is 7.18. The van der Waals surface area contributed by atoms with Crippen molar-refractivity contribution in [2.24, 2.45) is 14.1 Å². The summed E-state index contributed by atoms with van der Waals surface area (Å²) in [6.45, 7) is 3.69. The van der Waals surface area contributed by atoms with Crippen LogP contribution in [0.2, 0.25) is 0 Å². The van der Waals surface area contributed by atoms with Crippen molar-refractivity contribution in [2.45, 2.75) is 33.0 Å². The number of aryl methyl sites for hydroxylation is 2. The fourth-order valence-corrected chi connectivity index (χ4v) is 3.20. The summed E-state index contributed by atoms with van der Waals surface area (Å²) in [5.74, 6) is -0.343. The number of imidazole rings is 1. The van der Waals surface area contributed by atoms with Crippen LogP contribution in [0.3, 0.4) is 0 Å². The molecule has 3 rings (SSSR count). The van der Waals surface area contributed by atoms with E-state index >= 15 is 0 Å². The number of rotatable bonds is 5. The molecule has 0 saturated carbocycles. The van der Waals surface area contributed by atoms with Crippen LogP contribution in [0.5, 0.6) is 0 Å². The summed E-state index contributed by atoms with van der Waals surface area (Å²) in [5.41, 5.74) is 0.812. The van der Waals surface area contributed by atoms with Gasteiger partial charge in [0, 0.05) is 26.7 Å². The van der Waals surface area contributed by atoms with Crippen molar-refractivity contribution in [1.82, 2.24) is 23.6 Å². The molecule has 0 saturated heterocycles. The van der Waals surface area contributed by atoms with Crippen LogP contribution < -0.4 is 11.2 Å². The van der Waals surface area contributed by atoms with Crippen molar-refractivity contribution in [1.29, 1.82) is 5.26 Å². The minimum atomic E-state index is -0.586. The normalized spacial score (nSPS) is 11.0. The molecule has 150 valence electrons. The second-order valence-corrected chi connectivity index (χ2v) is 7.18. The number of hydrogen-bond donors (Lipinski definition) is 0. The van der Waals surface area contributed by atoms with E-state index in [2.05, 4.69) is 11.1 Å². The van der Waals surface area contributed by atoms with Crippen LogP contribution in [0, 0.1) is 11.3 Å². The fourth-order valence-electron chi connectivity index (χ4n) is 3.20. The lowest BCUT2D eigenvalue weighted by molar-refractivity contribution is -0.134. The average Bonchev–Trinajstić information content (AvgIpc) is 3.09. The molecule has 0 unspecified atom stereocenters. The number of benzene rings is 1. The molecule has 2 aromatic heterocycles. The molecule has 2 heterocycles. The van der Waals surface area contributed by atoms with Crippen molar-refractivity contribution in [3.05, 3.63) is 62.6 Å². The summed E-state index contributed by atoms with van der Waals surface area (Å²) < 4.78 is 3.75. The predicted octanol–water partition coefficient (Wildman–Crippen LogP) is 0.743. The molecule has 1 aromatic carbocycles. The van der Waals surface area contributed by atoms with Crippen LogP contribution in [-0.4, -0.2) is 35.5 Å². The van der Waals surface area contributed by atoms with Gasteiger partial charge in [-0.2, -0.15) is 5.26 Å². The lowest BCUT2D eigenvalue weighted by Crippen LogP contribution is -2.46. The van der Waals surface area contributed by atoms with E-state index in [4.69, 9.17) is 5.26 Å². The van der Waals surface area contributed by atoms with Gasteiger partial charge in [0.15, 0.2) is 11.2 Å². The van der Waals surface area contributed by atoms with Gasteiger partial charge >= 0.3 is 5.69 Å². The van der Waals surface area contributed by atoms with Crippen LogP contribution >= 0.6 is 0 Å². The molecule has 0 spiro atoms. The van der Waals surface area contributed by atoms with E-state index < -0.39 is 11.2 Å². The molecule has 0 atom stereocenters. The van der Waals surface area contributed by atoms with Gasteiger partial charge in [-0.05, 0) is 31.5 Å². The highest BCUT2D eigenvalue weighted by Crippen LogP contribution is 2.11. The number of nitrogens with zero attached hydrogens (tertiary/aromatic N) is 6. The monoisotopic (exact) mass is 394 g/mol. The zero-order valence-corrected chi connectivity index (χ0v) is 16.8. The minimum Gasteiger partial charge on any atom is -0.334 e. The Morgan fingerprint density at radius 1 is 1.21 bits per heavy atom. The molecule has 3 aromatic rings. The maximum Gasteiger partial charge on any atom is 0.332 e. The topological polar surface area (TPSA) is 106 Å². The maximum absolute atomic E-state index is 13.0. The summed E-state index contributed by atoms with van der Waals surface area (Å²) in [5, 5.41) is 8.92. The predicted molar refractivity (Wildman–Crippen MR) is 107 cm³/mol. The Hall–Kier alpha value is -3.67. The maximum atomic E-state index is 13.0. The summed E-state index contributed by atoms with van der Waals surface area (Å²) in [4.78, 5) is 44.2. The third kappa shape index (κ3) is 3.69. The molecule has 0 N–H and O–H groups in total. The number of nitriles is 1. The molecule has 0 aliphatic heterocycles. The third-order valence-corrected chi connectivity index (χ3v) is 4.87. The standard InChI is InChI=1S/C20H22N6O3/c1-13(2)25(10-15-7-5-14(9-21)6-8-15)16(27)11-26-19(28)17-18(22-12-23(17)3)24(4)20(26)29/h5-8,12-13H,10-11H2,1-4H3. The molecule has 0 aliphatic carbocycles. The molecule has 0 bridgehead atoms. The molecule has 0 radical (unpaired) electrons. The molecule has 1 amide bonds. The fraction of sp³-hybridized carbons (Fsp3) is 0.350. The van der Waals surface area contributed by atoms with Crippen molar-refractivity contribution < 1.29 is 4.79 Å². The van der Waals surface area contributed by atoms with Crippen LogP contribution in [0.15, 0.2) is 40.2 Å². The molecule has 29 heavy (non-hydrogen) atoms. The zero-order chi connectivity index (χ0) is 21.3. The number of carbonyl (C=O) groups excluding carboxylic acids is 1. The first-order valence-electron chi connectivity index (χ1n) is 9.14. The number of amides is 1. The van der Waals surface area contributed by atoms with Gasteiger partial charge in [0.05, 0.1) is 18.0 Å². The van der Waals surface area contributed by atoms with Gasteiger partial charge in [0.1, 0.15) is 6.54 Å². The zero-order valence-electron chi connectivity index (χ0n) is 16.8. The highest BCUT2D eigenvalue weighted by atomic mass is 16.2. The molecule has 9 nitrogen and oxygen atoms in total. The Morgan fingerprint density at radius 3 is 2.45 bits per heavy atom. The Kier molecular flexibility index (Phi) is 5.37.